The maximum atomic E-state index is 13.6. The standard InChI is InChI=1S/C24H26F3N5O4/c1-34-9-5-28-18-12-19(31-22-20(18)16(13-29-22)24(25,26)27)30-17-3-2-15(14-4-8-36-21(14)17)23(33)32-6-10-35-11-7-32/h2-3,12-13H,4-11H2,1H3,(H3,28,29,30,31). The lowest BCUT2D eigenvalue weighted by Gasteiger charge is -2.27. The van der Waals surface area contributed by atoms with Crippen LogP contribution in [0.2, 0.25) is 0 Å². The highest BCUT2D eigenvalue weighted by Gasteiger charge is 2.35. The fourth-order valence-corrected chi connectivity index (χ4v) is 4.52. The summed E-state index contributed by atoms with van der Waals surface area (Å²) in [5.41, 5.74) is 1.52. The number of methoxy groups -OCH3 is 1. The van der Waals surface area contributed by atoms with Gasteiger partial charge in [-0.05, 0) is 12.1 Å². The first-order valence-corrected chi connectivity index (χ1v) is 11.6. The van der Waals surface area contributed by atoms with Gasteiger partial charge in [-0.3, -0.25) is 4.79 Å². The van der Waals surface area contributed by atoms with Gasteiger partial charge in [0.25, 0.3) is 5.91 Å². The maximum absolute atomic E-state index is 13.6. The number of nitrogens with one attached hydrogen (secondary N) is 3. The summed E-state index contributed by atoms with van der Waals surface area (Å²) in [7, 11) is 1.52. The third-order valence-corrected chi connectivity index (χ3v) is 6.22. The molecule has 12 heteroatoms. The van der Waals surface area contributed by atoms with E-state index in [0.29, 0.717) is 75.3 Å². The number of aromatic nitrogens is 2. The minimum absolute atomic E-state index is 0.0444. The number of ether oxygens (including phenoxy) is 3. The van der Waals surface area contributed by atoms with Crippen molar-refractivity contribution >= 4 is 34.1 Å². The fourth-order valence-electron chi connectivity index (χ4n) is 4.52. The topological polar surface area (TPSA) is 101 Å². The van der Waals surface area contributed by atoms with E-state index in [1.165, 1.54) is 13.2 Å². The minimum atomic E-state index is -4.54. The van der Waals surface area contributed by atoms with Crippen LogP contribution >= 0.6 is 0 Å². The van der Waals surface area contributed by atoms with E-state index in [2.05, 4.69) is 20.6 Å². The van der Waals surface area contributed by atoms with E-state index >= 15 is 0 Å². The lowest BCUT2D eigenvalue weighted by Crippen LogP contribution is -2.41. The number of pyridine rings is 1. The Hall–Kier alpha value is -3.51. The van der Waals surface area contributed by atoms with Crippen LogP contribution in [0.4, 0.5) is 30.4 Å². The second kappa shape index (κ2) is 9.86. The number of anilines is 3. The fraction of sp³-hybridized carbons (Fsp3) is 0.417. The summed E-state index contributed by atoms with van der Waals surface area (Å²) in [4.78, 5) is 21.9. The van der Waals surface area contributed by atoms with Crippen molar-refractivity contribution in [3.05, 3.63) is 41.1 Å². The number of alkyl halides is 3. The number of hydrogen-bond donors (Lipinski definition) is 3. The van der Waals surface area contributed by atoms with Gasteiger partial charge in [0.15, 0.2) is 0 Å². The number of nitrogens with zero attached hydrogens (tertiary/aromatic N) is 2. The van der Waals surface area contributed by atoms with Crippen molar-refractivity contribution in [2.24, 2.45) is 0 Å². The Labute approximate surface area is 204 Å². The van der Waals surface area contributed by atoms with Gasteiger partial charge in [-0.1, -0.05) is 0 Å². The molecule has 0 unspecified atom stereocenters. The van der Waals surface area contributed by atoms with Crippen molar-refractivity contribution in [3.8, 4) is 5.75 Å². The molecule has 1 aromatic carbocycles. The van der Waals surface area contributed by atoms with Gasteiger partial charge in [0, 0.05) is 62.2 Å². The van der Waals surface area contributed by atoms with E-state index in [1.807, 2.05) is 0 Å². The van der Waals surface area contributed by atoms with E-state index < -0.39 is 11.7 Å². The van der Waals surface area contributed by atoms with Crippen LogP contribution in [0.1, 0.15) is 21.5 Å². The Morgan fingerprint density at radius 1 is 1.22 bits per heavy atom. The Bertz CT molecular complexity index is 1270. The molecule has 1 amide bonds. The molecule has 2 aliphatic heterocycles. The molecule has 5 rings (SSSR count). The summed E-state index contributed by atoms with van der Waals surface area (Å²) in [6, 6.07) is 5.01. The Kier molecular flexibility index (Phi) is 6.63. The molecule has 192 valence electrons. The van der Waals surface area contributed by atoms with E-state index in [9.17, 15) is 18.0 Å². The summed E-state index contributed by atoms with van der Waals surface area (Å²) in [6.45, 7) is 3.15. The van der Waals surface area contributed by atoms with Crippen molar-refractivity contribution in [1.29, 1.82) is 0 Å². The van der Waals surface area contributed by atoms with Gasteiger partial charge >= 0.3 is 6.18 Å². The van der Waals surface area contributed by atoms with Crippen molar-refractivity contribution in [2.75, 3.05) is 63.8 Å². The quantitative estimate of drug-likeness (QED) is 0.420. The second-order valence-electron chi connectivity index (χ2n) is 8.49. The maximum Gasteiger partial charge on any atom is 0.418 e. The molecular formula is C24H26F3N5O4. The lowest BCUT2D eigenvalue weighted by atomic mass is 10.0. The third kappa shape index (κ3) is 4.65. The summed E-state index contributed by atoms with van der Waals surface area (Å²) >= 11 is 0. The van der Waals surface area contributed by atoms with Gasteiger partial charge in [0.1, 0.15) is 17.2 Å². The average molecular weight is 505 g/mol. The zero-order valence-corrected chi connectivity index (χ0v) is 19.6. The number of aromatic amines is 1. The number of halogens is 3. The van der Waals surface area contributed by atoms with Crippen LogP contribution in [-0.4, -0.2) is 73.9 Å². The van der Waals surface area contributed by atoms with Crippen LogP contribution in [0.5, 0.6) is 5.75 Å². The molecule has 1 fully saturated rings. The predicted molar refractivity (Wildman–Crippen MR) is 127 cm³/mol. The number of morpholine rings is 1. The van der Waals surface area contributed by atoms with Gasteiger partial charge in [-0.15, -0.1) is 0 Å². The number of fused-ring (bicyclic) bond motifs is 2. The van der Waals surface area contributed by atoms with Crippen molar-refractivity contribution in [2.45, 2.75) is 12.6 Å². The van der Waals surface area contributed by atoms with Gasteiger partial charge in [-0.2, -0.15) is 13.2 Å². The lowest BCUT2D eigenvalue weighted by molar-refractivity contribution is -0.136. The molecule has 1 saturated heterocycles. The molecule has 0 radical (unpaired) electrons. The molecule has 4 heterocycles. The van der Waals surface area contributed by atoms with E-state index in [1.54, 1.807) is 17.0 Å². The largest absolute Gasteiger partial charge is 0.491 e. The summed E-state index contributed by atoms with van der Waals surface area (Å²) < 4.78 is 57.0. The zero-order valence-electron chi connectivity index (χ0n) is 19.6. The van der Waals surface area contributed by atoms with E-state index in [-0.39, 0.29) is 22.6 Å². The van der Waals surface area contributed by atoms with Crippen LogP contribution in [0.15, 0.2) is 24.4 Å². The summed E-state index contributed by atoms with van der Waals surface area (Å²) in [5, 5.41) is 6.13. The van der Waals surface area contributed by atoms with Gasteiger partial charge in [-0.25, -0.2) is 4.98 Å². The molecule has 0 saturated carbocycles. The number of amides is 1. The van der Waals surface area contributed by atoms with Crippen LogP contribution in [0.25, 0.3) is 11.0 Å². The van der Waals surface area contributed by atoms with Crippen molar-refractivity contribution in [1.82, 2.24) is 14.9 Å². The highest BCUT2D eigenvalue weighted by atomic mass is 19.4. The average Bonchev–Trinajstić information content (AvgIpc) is 3.52. The SMILES string of the molecule is COCCNc1cc(Nc2ccc(C(=O)N3CCOCC3)c3c2OCC3)nc2[nH]cc(C(F)(F)F)c12. The van der Waals surface area contributed by atoms with Gasteiger partial charge in [0.05, 0.1) is 43.1 Å². The van der Waals surface area contributed by atoms with Gasteiger partial charge < -0.3 is 34.7 Å². The predicted octanol–water partition coefficient (Wildman–Crippen LogP) is 3.79. The number of carbonyl (C=O) groups excluding carboxylic acids is 1. The first kappa shape index (κ1) is 24.2. The van der Waals surface area contributed by atoms with Crippen LogP contribution < -0.4 is 15.4 Å². The molecular weight excluding hydrogens is 479 g/mol. The number of hydrogen-bond acceptors (Lipinski definition) is 7. The van der Waals surface area contributed by atoms with Crippen molar-refractivity contribution < 1.29 is 32.2 Å². The summed E-state index contributed by atoms with van der Waals surface area (Å²) in [6.07, 6.45) is -3.04. The number of rotatable bonds is 7. The number of H-pyrrole nitrogens is 1. The Morgan fingerprint density at radius 3 is 2.78 bits per heavy atom. The molecule has 0 spiro atoms. The van der Waals surface area contributed by atoms with E-state index in [4.69, 9.17) is 14.2 Å². The van der Waals surface area contributed by atoms with Crippen LogP contribution in [0.3, 0.4) is 0 Å². The highest BCUT2D eigenvalue weighted by Crippen LogP contribution is 2.41. The normalized spacial score (nSPS) is 15.6. The highest BCUT2D eigenvalue weighted by molar-refractivity contribution is 5.98. The van der Waals surface area contributed by atoms with Crippen molar-refractivity contribution in [3.63, 3.8) is 0 Å². The molecule has 0 atom stereocenters. The Morgan fingerprint density at radius 2 is 2.03 bits per heavy atom. The van der Waals surface area contributed by atoms with E-state index in [0.717, 1.165) is 11.8 Å². The molecule has 2 aliphatic rings. The first-order valence-electron chi connectivity index (χ1n) is 11.6. The molecule has 36 heavy (non-hydrogen) atoms. The molecule has 0 bridgehead atoms. The Balaban J connectivity index is 1.48. The molecule has 3 aromatic rings. The van der Waals surface area contributed by atoms with Gasteiger partial charge in [0.2, 0.25) is 0 Å². The van der Waals surface area contributed by atoms with Crippen LogP contribution in [0, 0.1) is 0 Å². The molecule has 2 aromatic heterocycles. The third-order valence-electron chi connectivity index (χ3n) is 6.22. The second-order valence-corrected chi connectivity index (χ2v) is 8.49. The first-order chi connectivity index (χ1) is 17.4. The number of carbonyl (C=O) groups is 1. The minimum Gasteiger partial charge on any atom is -0.491 e. The smallest absolute Gasteiger partial charge is 0.418 e. The molecule has 0 aliphatic carbocycles. The molecule has 3 N–H and O–H groups in total. The summed E-state index contributed by atoms with van der Waals surface area (Å²) in [5.74, 6) is 0.803. The number of benzene rings is 1. The monoisotopic (exact) mass is 505 g/mol. The van der Waals surface area contributed by atoms with Crippen LogP contribution in [-0.2, 0) is 22.1 Å². The zero-order chi connectivity index (χ0) is 25.3. The molecule has 9 nitrogen and oxygen atoms in total.